The van der Waals surface area contributed by atoms with Gasteiger partial charge in [-0.25, -0.2) is 4.98 Å². The molecule has 1 aliphatic heterocycles. The average molecular weight is 467 g/mol. The Morgan fingerprint density at radius 2 is 1.36 bits per heavy atom. The molecule has 0 unspecified atom stereocenters. The Balaban J connectivity index is 1.86. The number of rotatable bonds is 0. The monoisotopic (exact) mass is 466 g/mol. The Hall–Kier alpha value is -4.70. The number of aromatic hydroxyl groups is 1. The molecular formula is C32H22N2O2. The van der Waals surface area contributed by atoms with Crippen LogP contribution in [0.5, 0.6) is 5.75 Å². The van der Waals surface area contributed by atoms with E-state index in [-0.39, 0.29) is 11.2 Å². The molecule has 4 nitrogen and oxygen atoms in total. The van der Waals surface area contributed by atoms with Gasteiger partial charge in [0.2, 0.25) is 0 Å². The van der Waals surface area contributed by atoms with Gasteiger partial charge in [0.1, 0.15) is 5.75 Å². The second-order valence-corrected chi connectivity index (χ2v) is 9.41. The van der Waals surface area contributed by atoms with Crippen LogP contribution in [0, 0.1) is 13.8 Å². The molecule has 3 aromatic carbocycles. The molecule has 0 radical (unpaired) electrons. The van der Waals surface area contributed by atoms with E-state index < -0.39 is 0 Å². The van der Waals surface area contributed by atoms with E-state index in [1.807, 2.05) is 92.7 Å². The average Bonchev–Trinajstić information content (AvgIpc) is 3.47. The van der Waals surface area contributed by atoms with Gasteiger partial charge in [-0.15, -0.1) is 0 Å². The second-order valence-electron chi connectivity index (χ2n) is 9.41. The van der Waals surface area contributed by atoms with Crippen molar-refractivity contribution in [1.29, 1.82) is 0 Å². The maximum Gasteiger partial charge on any atom is 0.195 e. The van der Waals surface area contributed by atoms with E-state index >= 15 is 0 Å². The number of hydrogen-bond donors (Lipinski definition) is 2. The number of phenolic OH excluding ortho intramolecular Hbond substituents is 1. The molecule has 172 valence electrons. The van der Waals surface area contributed by atoms with Crippen molar-refractivity contribution in [2.45, 2.75) is 13.8 Å². The van der Waals surface area contributed by atoms with Crippen LogP contribution in [0.3, 0.4) is 0 Å². The summed E-state index contributed by atoms with van der Waals surface area (Å²) >= 11 is 0. The zero-order chi connectivity index (χ0) is 24.6. The first kappa shape index (κ1) is 20.7. The van der Waals surface area contributed by atoms with Crippen LogP contribution >= 0.6 is 0 Å². The lowest BCUT2D eigenvalue weighted by Gasteiger charge is -2.05. The van der Waals surface area contributed by atoms with Gasteiger partial charge in [-0.05, 0) is 37.1 Å². The maximum absolute atomic E-state index is 13.9. The predicted octanol–water partition coefficient (Wildman–Crippen LogP) is 6.41. The smallest absolute Gasteiger partial charge is 0.195 e. The van der Waals surface area contributed by atoms with Crippen LogP contribution < -0.4 is 10.6 Å². The summed E-state index contributed by atoms with van der Waals surface area (Å²) < 4.78 is 0. The van der Waals surface area contributed by atoms with Gasteiger partial charge in [-0.1, -0.05) is 72.8 Å². The number of benzene rings is 3. The van der Waals surface area contributed by atoms with Crippen molar-refractivity contribution in [3.8, 4) is 28.3 Å². The first-order chi connectivity index (χ1) is 17.5. The van der Waals surface area contributed by atoms with Crippen molar-refractivity contribution in [1.82, 2.24) is 9.97 Å². The van der Waals surface area contributed by atoms with Crippen LogP contribution in [-0.2, 0) is 0 Å². The fraction of sp³-hybridized carbons (Fsp3) is 0.0625. The Morgan fingerprint density at radius 3 is 2.14 bits per heavy atom. The molecule has 4 heteroatoms. The van der Waals surface area contributed by atoms with Gasteiger partial charge < -0.3 is 10.1 Å². The number of fused-ring (bicyclic) bond motifs is 16. The van der Waals surface area contributed by atoms with Crippen LogP contribution in [0.2, 0.25) is 0 Å². The summed E-state index contributed by atoms with van der Waals surface area (Å²) in [5.41, 5.74) is 7.35. The number of H-pyrrole nitrogens is 1. The summed E-state index contributed by atoms with van der Waals surface area (Å²) in [5, 5.41) is 15.6. The Bertz CT molecular complexity index is 2050. The Kier molecular flexibility index (Phi) is 4.24. The number of aromatic nitrogens is 2. The normalized spacial score (nSPS) is 12.5. The molecule has 0 spiro atoms. The molecule has 0 atom stereocenters. The summed E-state index contributed by atoms with van der Waals surface area (Å²) in [5.74, 6) is 0.197. The van der Waals surface area contributed by atoms with Crippen molar-refractivity contribution in [3.05, 3.63) is 105 Å². The topological polar surface area (TPSA) is 66.0 Å². The first-order valence-electron chi connectivity index (χ1n) is 12.0. The molecule has 7 rings (SSSR count). The third-order valence-corrected chi connectivity index (χ3v) is 7.49. The number of nitrogens with one attached hydrogen (secondary N) is 1. The van der Waals surface area contributed by atoms with Crippen molar-refractivity contribution in [2.75, 3.05) is 0 Å². The lowest BCUT2D eigenvalue weighted by molar-refractivity contribution is 0.487. The van der Waals surface area contributed by atoms with E-state index in [4.69, 9.17) is 4.98 Å². The number of nitrogens with zero attached hydrogens (tertiary/aromatic N) is 1. The summed E-state index contributed by atoms with van der Waals surface area (Å²) in [6.07, 6.45) is 5.69. The van der Waals surface area contributed by atoms with E-state index in [1.165, 1.54) is 0 Å². The molecule has 3 heterocycles. The number of para-hydroxylation sites is 1. The molecule has 1 aliphatic carbocycles. The molecule has 0 saturated heterocycles. The van der Waals surface area contributed by atoms with E-state index in [0.29, 0.717) is 21.9 Å². The second kappa shape index (κ2) is 7.40. The third kappa shape index (κ3) is 2.70. The molecule has 0 fully saturated rings. The van der Waals surface area contributed by atoms with Gasteiger partial charge >= 0.3 is 0 Å². The number of phenols is 1. The number of allylic oxidation sites excluding steroid dienone is 1. The van der Waals surface area contributed by atoms with E-state index in [1.54, 1.807) is 0 Å². The van der Waals surface area contributed by atoms with Crippen molar-refractivity contribution < 1.29 is 5.11 Å². The van der Waals surface area contributed by atoms with Crippen molar-refractivity contribution in [3.63, 3.8) is 0 Å². The zero-order valence-corrected chi connectivity index (χ0v) is 19.9. The molecule has 2 aromatic heterocycles. The molecule has 36 heavy (non-hydrogen) atoms. The summed E-state index contributed by atoms with van der Waals surface area (Å²) in [6.45, 7) is 3.96. The fourth-order valence-corrected chi connectivity index (χ4v) is 5.64. The molecule has 5 aromatic rings. The van der Waals surface area contributed by atoms with E-state index in [2.05, 4.69) is 11.1 Å². The predicted molar refractivity (Wildman–Crippen MR) is 148 cm³/mol. The van der Waals surface area contributed by atoms with Gasteiger partial charge in [-0.3, -0.25) is 4.79 Å². The SMILES string of the molecule is Cc1c2nc(c3cccc(c3O)c(C)c3[nH]c(c4c(=O)c1=CC=C4)c1ccccc31)-c1ccccc1-2. The van der Waals surface area contributed by atoms with Gasteiger partial charge in [0.25, 0.3) is 0 Å². The highest BCUT2D eigenvalue weighted by molar-refractivity contribution is 6.11. The molecule has 2 aliphatic rings. The van der Waals surface area contributed by atoms with Crippen LogP contribution in [0.4, 0.5) is 0 Å². The van der Waals surface area contributed by atoms with Gasteiger partial charge in [-0.2, -0.15) is 0 Å². The fourth-order valence-electron chi connectivity index (χ4n) is 5.64. The van der Waals surface area contributed by atoms with Gasteiger partial charge in [0.15, 0.2) is 5.43 Å². The number of hydrogen-bond acceptors (Lipinski definition) is 3. The highest BCUT2D eigenvalue weighted by Crippen LogP contribution is 2.42. The molecular weight excluding hydrogens is 444 g/mol. The minimum atomic E-state index is -0.0294. The molecule has 2 N–H and O–H groups in total. The van der Waals surface area contributed by atoms with E-state index in [9.17, 15) is 9.90 Å². The Labute approximate surface area is 206 Å². The number of aromatic amines is 1. The summed E-state index contributed by atoms with van der Waals surface area (Å²) in [4.78, 5) is 22.5. The van der Waals surface area contributed by atoms with Crippen LogP contribution in [0.25, 0.3) is 67.2 Å². The van der Waals surface area contributed by atoms with Crippen molar-refractivity contribution >= 4 is 44.7 Å². The van der Waals surface area contributed by atoms with Crippen LogP contribution in [-0.4, -0.2) is 15.1 Å². The highest BCUT2D eigenvalue weighted by atomic mass is 16.3. The Morgan fingerprint density at radius 1 is 0.722 bits per heavy atom. The lowest BCUT2D eigenvalue weighted by Crippen LogP contribution is -2.29. The summed E-state index contributed by atoms with van der Waals surface area (Å²) in [7, 11) is 0. The van der Waals surface area contributed by atoms with Gasteiger partial charge in [0.05, 0.1) is 22.4 Å². The molecule has 0 saturated carbocycles. The maximum atomic E-state index is 13.9. The minimum Gasteiger partial charge on any atom is -0.507 e. The van der Waals surface area contributed by atoms with E-state index in [0.717, 1.165) is 55.1 Å². The quantitative estimate of drug-likeness (QED) is 0.272. The minimum absolute atomic E-state index is 0.0294. The first-order valence-corrected chi connectivity index (χ1v) is 12.0. The van der Waals surface area contributed by atoms with Crippen LogP contribution in [0.15, 0.2) is 77.6 Å². The standard InChI is InChI=1S/C32H22N2O2/c1-17-19-13-7-15-25(31(19)35)30-24-12-6-4-10-22(24)28(34-30)18(2)20-14-8-16-26(32(20)36)29-23-11-5-3-9-21(23)27(17)33-29/h3-16,33,35H,1-2H3. The van der Waals surface area contributed by atoms with Crippen molar-refractivity contribution in [2.24, 2.45) is 0 Å². The molecule has 8 bridgehead atoms. The summed E-state index contributed by atoms with van der Waals surface area (Å²) in [6, 6.07) is 21.9. The lowest BCUT2D eigenvalue weighted by atomic mass is 9.98. The van der Waals surface area contributed by atoms with Gasteiger partial charge in [0, 0.05) is 43.5 Å². The number of aryl methyl sites for hydroxylation is 1. The largest absolute Gasteiger partial charge is 0.507 e. The zero-order valence-electron chi connectivity index (χ0n) is 19.9. The highest BCUT2D eigenvalue weighted by Gasteiger charge is 2.22. The third-order valence-electron chi connectivity index (χ3n) is 7.49. The molecule has 0 amide bonds. The van der Waals surface area contributed by atoms with Crippen LogP contribution in [0.1, 0.15) is 16.7 Å².